The molecule has 0 amide bonds. The summed E-state index contributed by atoms with van der Waals surface area (Å²) in [7, 11) is 0. The molecule has 0 radical (unpaired) electrons. The number of aryl methyl sites for hydroxylation is 1. The van der Waals surface area contributed by atoms with Crippen LogP contribution in [0.3, 0.4) is 0 Å². The largest absolute Gasteiger partial charge is 0.465 e. The van der Waals surface area contributed by atoms with Gasteiger partial charge in [-0.3, -0.25) is 9.78 Å². The van der Waals surface area contributed by atoms with E-state index in [1.165, 1.54) is 0 Å². The average molecular weight is 275 g/mol. The monoisotopic (exact) mass is 275 g/mol. The molecule has 0 saturated heterocycles. The molecule has 2 rings (SSSR count). The quantitative estimate of drug-likeness (QED) is 0.779. The molecule has 0 N–H and O–H groups in total. The third-order valence-corrected chi connectivity index (χ3v) is 2.98. The SMILES string of the molecule is CCOC(=O)C(C)c1nc(-c2ccncc2CC)no1. The Morgan fingerprint density at radius 3 is 2.95 bits per heavy atom. The molecule has 0 fully saturated rings. The molecule has 0 aliphatic carbocycles. The fourth-order valence-electron chi connectivity index (χ4n) is 1.82. The highest BCUT2D eigenvalue weighted by Crippen LogP contribution is 2.23. The van der Waals surface area contributed by atoms with E-state index in [4.69, 9.17) is 9.26 Å². The first kappa shape index (κ1) is 14.2. The predicted octanol–water partition coefficient (Wildman–Crippen LogP) is 2.36. The summed E-state index contributed by atoms with van der Waals surface area (Å²) in [4.78, 5) is 20.0. The number of pyridine rings is 1. The average Bonchev–Trinajstić information content (AvgIpc) is 2.96. The molecule has 2 aromatic rings. The summed E-state index contributed by atoms with van der Waals surface area (Å²) in [6.07, 6.45) is 4.28. The van der Waals surface area contributed by atoms with Crippen LogP contribution in [0.25, 0.3) is 11.4 Å². The molecular weight excluding hydrogens is 258 g/mol. The van der Waals surface area contributed by atoms with Crippen LogP contribution in [-0.4, -0.2) is 27.7 Å². The standard InChI is InChI=1S/C14H17N3O3/c1-4-10-8-15-7-6-11(10)12-16-13(20-17-12)9(3)14(18)19-5-2/h6-9H,4-5H2,1-3H3. The minimum absolute atomic E-state index is 0.261. The summed E-state index contributed by atoms with van der Waals surface area (Å²) in [5.41, 5.74) is 1.90. The fraction of sp³-hybridized carbons (Fsp3) is 0.429. The van der Waals surface area contributed by atoms with Crippen molar-refractivity contribution in [1.29, 1.82) is 0 Å². The Morgan fingerprint density at radius 1 is 1.45 bits per heavy atom. The van der Waals surface area contributed by atoms with E-state index in [0.29, 0.717) is 12.4 Å². The van der Waals surface area contributed by atoms with Gasteiger partial charge >= 0.3 is 5.97 Å². The number of nitrogens with zero attached hydrogens (tertiary/aromatic N) is 3. The number of ether oxygens (including phenoxy) is 1. The molecular formula is C14H17N3O3. The number of rotatable bonds is 5. The van der Waals surface area contributed by atoms with Crippen molar-refractivity contribution in [2.75, 3.05) is 6.61 Å². The van der Waals surface area contributed by atoms with Gasteiger partial charge in [-0.1, -0.05) is 12.1 Å². The molecule has 1 atom stereocenters. The van der Waals surface area contributed by atoms with Gasteiger partial charge in [0.2, 0.25) is 11.7 Å². The summed E-state index contributed by atoms with van der Waals surface area (Å²) in [5.74, 6) is -0.205. The third kappa shape index (κ3) is 2.84. The first-order valence-electron chi connectivity index (χ1n) is 6.60. The molecule has 6 heteroatoms. The van der Waals surface area contributed by atoms with E-state index in [1.807, 2.05) is 13.0 Å². The van der Waals surface area contributed by atoms with Gasteiger partial charge in [-0.25, -0.2) is 0 Å². The van der Waals surface area contributed by atoms with Crippen LogP contribution in [0, 0.1) is 0 Å². The molecule has 106 valence electrons. The van der Waals surface area contributed by atoms with E-state index in [9.17, 15) is 4.79 Å². The van der Waals surface area contributed by atoms with E-state index in [0.717, 1.165) is 17.5 Å². The molecule has 2 aromatic heterocycles. The number of hydrogen-bond donors (Lipinski definition) is 0. The Morgan fingerprint density at radius 2 is 2.25 bits per heavy atom. The number of hydrogen-bond acceptors (Lipinski definition) is 6. The second-order valence-electron chi connectivity index (χ2n) is 4.32. The van der Waals surface area contributed by atoms with E-state index in [1.54, 1.807) is 26.2 Å². The minimum atomic E-state index is -0.567. The summed E-state index contributed by atoms with van der Waals surface area (Å²) in [6, 6.07) is 1.84. The molecule has 6 nitrogen and oxygen atoms in total. The van der Waals surface area contributed by atoms with Crippen LogP contribution >= 0.6 is 0 Å². The van der Waals surface area contributed by atoms with E-state index < -0.39 is 5.92 Å². The molecule has 0 spiro atoms. The van der Waals surface area contributed by atoms with Crippen LogP contribution in [0.15, 0.2) is 23.0 Å². The lowest BCUT2D eigenvalue weighted by molar-refractivity contribution is -0.145. The lowest BCUT2D eigenvalue weighted by Crippen LogP contribution is -2.13. The molecule has 20 heavy (non-hydrogen) atoms. The Hall–Kier alpha value is -2.24. The number of carbonyl (C=O) groups excluding carboxylic acids is 1. The van der Waals surface area contributed by atoms with Gasteiger partial charge in [-0.2, -0.15) is 4.98 Å². The van der Waals surface area contributed by atoms with Crippen molar-refractivity contribution < 1.29 is 14.1 Å². The Kier molecular flexibility index (Phi) is 4.45. The third-order valence-electron chi connectivity index (χ3n) is 2.98. The molecule has 0 saturated carbocycles. The molecule has 2 heterocycles. The molecule has 0 aromatic carbocycles. The maximum Gasteiger partial charge on any atom is 0.318 e. The van der Waals surface area contributed by atoms with Crippen LogP contribution in [0.1, 0.15) is 38.1 Å². The van der Waals surface area contributed by atoms with Crippen molar-refractivity contribution in [2.24, 2.45) is 0 Å². The van der Waals surface area contributed by atoms with Crippen molar-refractivity contribution in [3.8, 4) is 11.4 Å². The van der Waals surface area contributed by atoms with Gasteiger partial charge in [0, 0.05) is 18.0 Å². The second kappa shape index (κ2) is 6.27. The fourth-order valence-corrected chi connectivity index (χ4v) is 1.82. The second-order valence-corrected chi connectivity index (χ2v) is 4.32. The highest BCUT2D eigenvalue weighted by atomic mass is 16.5. The van der Waals surface area contributed by atoms with Crippen molar-refractivity contribution in [2.45, 2.75) is 33.1 Å². The molecule has 0 aliphatic heterocycles. The van der Waals surface area contributed by atoms with Crippen LogP contribution in [0.4, 0.5) is 0 Å². The van der Waals surface area contributed by atoms with Gasteiger partial charge in [0.05, 0.1) is 6.61 Å². The van der Waals surface area contributed by atoms with Gasteiger partial charge in [0.15, 0.2) is 0 Å². The van der Waals surface area contributed by atoms with E-state index in [2.05, 4.69) is 15.1 Å². The first-order valence-corrected chi connectivity index (χ1v) is 6.60. The highest BCUT2D eigenvalue weighted by molar-refractivity contribution is 5.76. The summed E-state index contributed by atoms with van der Waals surface area (Å²) >= 11 is 0. The Bertz CT molecular complexity index is 595. The van der Waals surface area contributed by atoms with Crippen molar-refractivity contribution in [3.05, 3.63) is 29.9 Å². The summed E-state index contributed by atoms with van der Waals surface area (Å²) in [5, 5.41) is 3.94. The van der Waals surface area contributed by atoms with Gasteiger partial charge in [-0.15, -0.1) is 0 Å². The highest BCUT2D eigenvalue weighted by Gasteiger charge is 2.23. The molecule has 0 aliphatic rings. The minimum Gasteiger partial charge on any atom is -0.465 e. The van der Waals surface area contributed by atoms with Crippen LogP contribution in [0.2, 0.25) is 0 Å². The van der Waals surface area contributed by atoms with Crippen molar-refractivity contribution in [1.82, 2.24) is 15.1 Å². The topological polar surface area (TPSA) is 78.1 Å². The van der Waals surface area contributed by atoms with Gasteiger partial charge in [-0.05, 0) is 31.9 Å². The lowest BCUT2D eigenvalue weighted by Gasteiger charge is -2.05. The smallest absolute Gasteiger partial charge is 0.318 e. The number of carbonyl (C=O) groups is 1. The van der Waals surface area contributed by atoms with Gasteiger partial charge in [0.1, 0.15) is 5.92 Å². The van der Waals surface area contributed by atoms with Gasteiger partial charge in [0.25, 0.3) is 0 Å². The van der Waals surface area contributed by atoms with Crippen molar-refractivity contribution in [3.63, 3.8) is 0 Å². The van der Waals surface area contributed by atoms with Gasteiger partial charge < -0.3 is 9.26 Å². The zero-order valence-corrected chi connectivity index (χ0v) is 11.8. The number of esters is 1. The summed E-state index contributed by atoms with van der Waals surface area (Å²) in [6.45, 7) is 5.80. The molecule has 1 unspecified atom stereocenters. The summed E-state index contributed by atoms with van der Waals surface area (Å²) < 4.78 is 10.1. The van der Waals surface area contributed by atoms with Crippen LogP contribution in [0.5, 0.6) is 0 Å². The number of aromatic nitrogens is 3. The first-order chi connectivity index (χ1) is 9.67. The maximum absolute atomic E-state index is 11.7. The van der Waals surface area contributed by atoms with Crippen molar-refractivity contribution >= 4 is 5.97 Å². The Balaban J connectivity index is 2.27. The van der Waals surface area contributed by atoms with Crippen LogP contribution in [-0.2, 0) is 16.0 Å². The zero-order chi connectivity index (χ0) is 14.5. The van der Waals surface area contributed by atoms with Crippen LogP contribution < -0.4 is 0 Å². The predicted molar refractivity (Wildman–Crippen MR) is 72.0 cm³/mol. The van der Waals surface area contributed by atoms with E-state index >= 15 is 0 Å². The maximum atomic E-state index is 11.7. The molecule has 0 bridgehead atoms. The van der Waals surface area contributed by atoms with E-state index in [-0.39, 0.29) is 11.9 Å². The lowest BCUT2D eigenvalue weighted by atomic mass is 10.1. The Labute approximate surface area is 117 Å². The normalized spacial score (nSPS) is 12.2. The zero-order valence-electron chi connectivity index (χ0n) is 11.8.